The van der Waals surface area contributed by atoms with Gasteiger partial charge in [-0.3, -0.25) is 14.4 Å². The number of benzene rings is 1. The Balaban J connectivity index is 1.91. The molecule has 0 aliphatic carbocycles. The van der Waals surface area contributed by atoms with Crippen molar-refractivity contribution in [2.75, 3.05) is 33.9 Å². The first-order chi connectivity index (χ1) is 11.5. The number of ether oxygens (including phenoxy) is 2. The number of hydrogen-bond donors (Lipinski definition) is 2. The highest BCUT2D eigenvalue weighted by atomic mass is 16.5. The van der Waals surface area contributed by atoms with Gasteiger partial charge in [-0.15, -0.1) is 0 Å². The number of nitrogens with one attached hydrogen (secondary N) is 1. The molecular weight excluding hydrogens is 316 g/mol. The van der Waals surface area contributed by atoms with E-state index in [0.29, 0.717) is 30.0 Å². The molecule has 0 spiro atoms. The van der Waals surface area contributed by atoms with Crippen molar-refractivity contribution in [2.45, 2.75) is 6.42 Å². The molecule has 1 heterocycles. The molecule has 0 saturated carbocycles. The van der Waals surface area contributed by atoms with Crippen LogP contribution in [-0.4, -0.2) is 61.6 Å². The Bertz CT molecular complexity index is 645. The van der Waals surface area contributed by atoms with Crippen LogP contribution in [0.3, 0.4) is 0 Å². The first kappa shape index (κ1) is 17.6. The molecule has 1 saturated heterocycles. The molecule has 24 heavy (non-hydrogen) atoms. The SMILES string of the molecule is COc1ccc(C(=O)NCC(=O)N2CCC(C(=O)O)C2)cc1OC. The highest BCUT2D eigenvalue weighted by Crippen LogP contribution is 2.27. The Hall–Kier alpha value is -2.77. The summed E-state index contributed by atoms with van der Waals surface area (Å²) in [5.74, 6) is -1.23. The lowest BCUT2D eigenvalue weighted by Gasteiger charge is -2.16. The molecule has 130 valence electrons. The fourth-order valence-electron chi connectivity index (χ4n) is 2.54. The average molecular weight is 336 g/mol. The highest BCUT2D eigenvalue weighted by Gasteiger charge is 2.30. The molecule has 1 unspecified atom stereocenters. The van der Waals surface area contributed by atoms with Crippen LogP contribution < -0.4 is 14.8 Å². The number of carboxylic acids is 1. The third-order valence-corrected chi connectivity index (χ3v) is 3.94. The molecule has 1 fully saturated rings. The molecule has 0 aromatic heterocycles. The van der Waals surface area contributed by atoms with E-state index in [1.807, 2.05) is 0 Å². The molecular formula is C16H20N2O6. The Kier molecular flexibility index (Phi) is 5.62. The van der Waals surface area contributed by atoms with Gasteiger partial charge in [0.15, 0.2) is 11.5 Å². The van der Waals surface area contributed by atoms with E-state index in [1.54, 1.807) is 12.1 Å². The first-order valence-corrected chi connectivity index (χ1v) is 7.47. The zero-order valence-corrected chi connectivity index (χ0v) is 13.6. The van der Waals surface area contributed by atoms with Gasteiger partial charge in [-0.25, -0.2) is 0 Å². The maximum atomic E-state index is 12.1. The fraction of sp³-hybridized carbons (Fsp3) is 0.438. The summed E-state index contributed by atoms with van der Waals surface area (Å²) in [6.45, 7) is 0.391. The van der Waals surface area contributed by atoms with Gasteiger partial charge in [0.2, 0.25) is 5.91 Å². The highest BCUT2D eigenvalue weighted by molar-refractivity contribution is 5.97. The lowest BCUT2D eigenvalue weighted by Crippen LogP contribution is -2.39. The number of hydrogen-bond acceptors (Lipinski definition) is 5. The summed E-state index contributed by atoms with van der Waals surface area (Å²) in [7, 11) is 2.96. The monoisotopic (exact) mass is 336 g/mol. The van der Waals surface area contributed by atoms with E-state index in [9.17, 15) is 14.4 Å². The van der Waals surface area contributed by atoms with E-state index in [-0.39, 0.29) is 19.0 Å². The summed E-state index contributed by atoms with van der Waals surface area (Å²) in [5, 5.41) is 11.5. The molecule has 1 aliphatic rings. The molecule has 0 bridgehead atoms. The van der Waals surface area contributed by atoms with E-state index in [1.165, 1.54) is 25.2 Å². The summed E-state index contributed by atoms with van der Waals surface area (Å²) in [4.78, 5) is 36.5. The molecule has 1 atom stereocenters. The number of methoxy groups -OCH3 is 2. The smallest absolute Gasteiger partial charge is 0.308 e. The zero-order chi connectivity index (χ0) is 17.7. The molecule has 2 rings (SSSR count). The van der Waals surface area contributed by atoms with Crippen molar-refractivity contribution in [2.24, 2.45) is 5.92 Å². The van der Waals surface area contributed by atoms with Crippen LogP contribution in [0.1, 0.15) is 16.8 Å². The number of carbonyl (C=O) groups is 3. The quantitative estimate of drug-likeness (QED) is 0.777. The van der Waals surface area contributed by atoms with Gasteiger partial charge in [0.25, 0.3) is 5.91 Å². The Morgan fingerprint density at radius 3 is 2.54 bits per heavy atom. The van der Waals surface area contributed by atoms with Crippen molar-refractivity contribution in [3.8, 4) is 11.5 Å². The number of amides is 2. The standard InChI is InChI=1S/C16H20N2O6/c1-23-12-4-3-10(7-13(12)24-2)15(20)17-8-14(19)18-6-5-11(9-18)16(21)22/h3-4,7,11H,5-6,8-9H2,1-2H3,(H,17,20)(H,21,22). The van der Waals surface area contributed by atoms with Crippen LogP contribution in [-0.2, 0) is 9.59 Å². The number of likely N-dealkylation sites (tertiary alicyclic amines) is 1. The normalized spacial score (nSPS) is 16.6. The van der Waals surface area contributed by atoms with Gasteiger partial charge in [0.1, 0.15) is 0 Å². The van der Waals surface area contributed by atoms with Crippen molar-refractivity contribution >= 4 is 17.8 Å². The maximum absolute atomic E-state index is 12.1. The van der Waals surface area contributed by atoms with Gasteiger partial charge in [-0.05, 0) is 24.6 Å². The zero-order valence-electron chi connectivity index (χ0n) is 13.6. The van der Waals surface area contributed by atoms with E-state index >= 15 is 0 Å². The summed E-state index contributed by atoms with van der Waals surface area (Å²) in [6, 6.07) is 4.69. The van der Waals surface area contributed by atoms with Gasteiger partial charge in [-0.1, -0.05) is 0 Å². The lowest BCUT2D eigenvalue weighted by molar-refractivity contribution is -0.141. The van der Waals surface area contributed by atoms with Crippen LogP contribution in [0.25, 0.3) is 0 Å². The molecule has 8 heteroatoms. The second kappa shape index (κ2) is 7.67. The van der Waals surface area contributed by atoms with Crippen LogP contribution >= 0.6 is 0 Å². The van der Waals surface area contributed by atoms with Crippen LogP contribution in [0.2, 0.25) is 0 Å². The second-order valence-corrected chi connectivity index (χ2v) is 5.42. The van der Waals surface area contributed by atoms with Gasteiger partial charge in [0.05, 0.1) is 26.7 Å². The predicted molar refractivity (Wildman–Crippen MR) is 84.2 cm³/mol. The second-order valence-electron chi connectivity index (χ2n) is 5.42. The fourth-order valence-corrected chi connectivity index (χ4v) is 2.54. The van der Waals surface area contributed by atoms with Gasteiger partial charge in [-0.2, -0.15) is 0 Å². The van der Waals surface area contributed by atoms with Crippen molar-refractivity contribution in [1.82, 2.24) is 10.2 Å². The molecule has 1 aromatic carbocycles. The van der Waals surface area contributed by atoms with E-state index in [2.05, 4.69) is 5.32 Å². The summed E-state index contributed by atoms with van der Waals surface area (Å²) in [5.41, 5.74) is 0.338. The predicted octanol–water partition coefficient (Wildman–Crippen LogP) is 0.367. The van der Waals surface area contributed by atoms with Crippen LogP contribution in [0.4, 0.5) is 0 Å². The maximum Gasteiger partial charge on any atom is 0.308 e. The topological polar surface area (TPSA) is 105 Å². The minimum atomic E-state index is -0.903. The van der Waals surface area contributed by atoms with E-state index in [0.717, 1.165) is 0 Å². The number of nitrogens with zero attached hydrogens (tertiary/aromatic N) is 1. The Labute approximate surface area is 139 Å². The minimum Gasteiger partial charge on any atom is -0.493 e. The van der Waals surface area contributed by atoms with Gasteiger partial charge in [0, 0.05) is 18.7 Å². The summed E-state index contributed by atoms with van der Waals surface area (Å²) < 4.78 is 10.2. The van der Waals surface area contributed by atoms with Crippen molar-refractivity contribution < 1.29 is 29.0 Å². The number of aliphatic carboxylic acids is 1. The van der Waals surface area contributed by atoms with Crippen LogP contribution in [0, 0.1) is 5.92 Å². The number of rotatable bonds is 6. The Morgan fingerprint density at radius 2 is 1.96 bits per heavy atom. The van der Waals surface area contributed by atoms with Gasteiger partial charge < -0.3 is 24.8 Å². The number of carbonyl (C=O) groups excluding carboxylic acids is 2. The van der Waals surface area contributed by atoms with Crippen molar-refractivity contribution in [3.05, 3.63) is 23.8 Å². The summed E-state index contributed by atoms with van der Waals surface area (Å²) in [6.07, 6.45) is 0.435. The third kappa shape index (κ3) is 3.95. The molecule has 0 radical (unpaired) electrons. The average Bonchev–Trinajstić information content (AvgIpc) is 3.09. The molecule has 1 aromatic rings. The van der Waals surface area contributed by atoms with Crippen molar-refractivity contribution in [1.29, 1.82) is 0 Å². The summed E-state index contributed by atoms with van der Waals surface area (Å²) >= 11 is 0. The lowest BCUT2D eigenvalue weighted by atomic mass is 10.1. The minimum absolute atomic E-state index is 0.181. The number of carboxylic acid groups (broad SMARTS) is 1. The van der Waals surface area contributed by atoms with Gasteiger partial charge >= 0.3 is 5.97 Å². The van der Waals surface area contributed by atoms with E-state index < -0.39 is 17.8 Å². The largest absolute Gasteiger partial charge is 0.493 e. The van der Waals surface area contributed by atoms with E-state index in [4.69, 9.17) is 14.6 Å². The Morgan fingerprint density at radius 1 is 1.25 bits per heavy atom. The molecule has 2 N–H and O–H groups in total. The molecule has 8 nitrogen and oxygen atoms in total. The van der Waals surface area contributed by atoms with Crippen LogP contribution in [0.5, 0.6) is 11.5 Å². The molecule has 2 amide bonds. The van der Waals surface area contributed by atoms with Crippen LogP contribution in [0.15, 0.2) is 18.2 Å². The third-order valence-electron chi connectivity index (χ3n) is 3.94. The van der Waals surface area contributed by atoms with Crippen molar-refractivity contribution in [3.63, 3.8) is 0 Å². The molecule has 1 aliphatic heterocycles. The first-order valence-electron chi connectivity index (χ1n) is 7.47.